The monoisotopic (exact) mass is 523 g/mol. The van der Waals surface area contributed by atoms with Crippen LogP contribution in [0.5, 0.6) is 5.75 Å². The zero-order chi connectivity index (χ0) is 26.1. The number of anilines is 2. The number of rotatable bonds is 3. The summed E-state index contributed by atoms with van der Waals surface area (Å²) in [5.74, 6) is 2.49. The van der Waals surface area contributed by atoms with Gasteiger partial charge in [-0.15, -0.1) is 0 Å². The van der Waals surface area contributed by atoms with Gasteiger partial charge in [0.15, 0.2) is 5.82 Å². The third kappa shape index (κ3) is 3.84. The molecule has 2 aliphatic heterocycles. The molecule has 8 rings (SSSR count). The summed E-state index contributed by atoms with van der Waals surface area (Å²) in [6.07, 6.45) is 12.1. The molecule has 200 valence electrons. The molecule has 2 aromatic carbocycles. The van der Waals surface area contributed by atoms with Gasteiger partial charge in [0.05, 0.1) is 5.39 Å². The highest BCUT2D eigenvalue weighted by molar-refractivity contribution is 6.00. The van der Waals surface area contributed by atoms with Gasteiger partial charge in [-0.1, -0.05) is 43.5 Å². The first-order chi connectivity index (χ1) is 19.1. The van der Waals surface area contributed by atoms with Crippen LogP contribution in [0.1, 0.15) is 51.4 Å². The Morgan fingerprint density at radius 3 is 2.46 bits per heavy atom. The van der Waals surface area contributed by atoms with Crippen molar-refractivity contribution in [3.8, 4) is 17.0 Å². The fourth-order valence-corrected chi connectivity index (χ4v) is 7.99. The molecule has 2 bridgehead atoms. The lowest BCUT2D eigenvalue weighted by molar-refractivity contribution is 0.137. The Bertz CT molecular complexity index is 1580. The molecule has 2 atom stereocenters. The van der Waals surface area contributed by atoms with Crippen LogP contribution in [0, 0.1) is 23.1 Å². The van der Waals surface area contributed by atoms with E-state index in [0.29, 0.717) is 39.7 Å². The van der Waals surface area contributed by atoms with Crippen LogP contribution in [0.15, 0.2) is 42.6 Å². The van der Waals surface area contributed by atoms with Crippen LogP contribution < -0.4 is 9.80 Å². The summed E-state index contributed by atoms with van der Waals surface area (Å²) >= 11 is 0. The number of halogens is 1. The minimum absolute atomic E-state index is 0.0937. The van der Waals surface area contributed by atoms with E-state index in [9.17, 15) is 5.11 Å². The topological polar surface area (TPSA) is 65.4 Å². The molecule has 0 radical (unpaired) electrons. The highest BCUT2D eigenvalue weighted by atomic mass is 19.1. The molecule has 4 aliphatic rings. The van der Waals surface area contributed by atoms with Gasteiger partial charge >= 0.3 is 0 Å². The summed E-state index contributed by atoms with van der Waals surface area (Å²) in [4.78, 5) is 19.3. The fraction of sp³-hybridized carbons (Fsp3) is 0.469. The zero-order valence-corrected chi connectivity index (χ0v) is 22.2. The molecule has 6 nitrogen and oxygen atoms in total. The number of pyridine rings is 1. The van der Waals surface area contributed by atoms with Gasteiger partial charge in [-0.3, -0.25) is 4.98 Å². The minimum atomic E-state index is -0.443. The van der Waals surface area contributed by atoms with E-state index in [0.717, 1.165) is 42.8 Å². The number of benzene rings is 2. The van der Waals surface area contributed by atoms with Crippen molar-refractivity contribution >= 4 is 33.4 Å². The van der Waals surface area contributed by atoms with E-state index >= 15 is 4.39 Å². The molecule has 2 aromatic heterocycles. The van der Waals surface area contributed by atoms with Crippen molar-refractivity contribution in [1.29, 1.82) is 0 Å². The van der Waals surface area contributed by atoms with E-state index in [4.69, 9.17) is 9.97 Å². The van der Waals surface area contributed by atoms with Crippen molar-refractivity contribution in [3.05, 3.63) is 48.4 Å². The second kappa shape index (κ2) is 8.77. The van der Waals surface area contributed by atoms with Crippen molar-refractivity contribution in [3.63, 3.8) is 0 Å². The maximum Gasteiger partial charge on any atom is 0.228 e. The highest BCUT2D eigenvalue weighted by Gasteiger charge is 2.45. The van der Waals surface area contributed by atoms with Gasteiger partial charge in [-0.05, 0) is 66.8 Å². The molecule has 1 N–H and O–H groups in total. The van der Waals surface area contributed by atoms with Crippen LogP contribution in [0.2, 0.25) is 0 Å². The van der Waals surface area contributed by atoms with E-state index in [1.54, 1.807) is 18.3 Å². The number of fused-ring (bicyclic) bond motifs is 4. The third-order valence-electron chi connectivity index (χ3n) is 9.91. The molecule has 2 saturated heterocycles. The van der Waals surface area contributed by atoms with E-state index in [1.807, 2.05) is 24.3 Å². The number of phenols is 1. The molecule has 0 amide bonds. The molecule has 39 heavy (non-hydrogen) atoms. The van der Waals surface area contributed by atoms with E-state index in [2.05, 4.69) is 14.8 Å². The van der Waals surface area contributed by atoms with E-state index in [-0.39, 0.29) is 11.4 Å². The maximum absolute atomic E-state index is 16.6. The van der Waals surface area contributed by atoms with Crippen molar-refractivity contribution in [2.75, 3.05) is 36.0 Å². The summed E-state index contributed by atoms with van der Waals surface area (Å²) in [5.41, 5.74) is 1.50. The molecule has 4 heterocycles. The van der Waals surface area contributed by atoms with Crippen LogP contribution in [0.3, 0.4) is 0 Å². The summed E-state index contributed by atoms with van der Waals surface area (Å²) < 4.78 is 16.6. The SMILES string of the molecule is Oc1cc(-c2ncc3c(N4CC5CCC(C5)C4)nc(N4CC5(CCCCC5)C4)nc3c2F)c2ccccc2c1. The molecular weight excluding hydrogens is 489 g/mol. The Balaban J connectivity index is 1.27. The number of nitrogens with zero attached hydrogens (tertiary/aromatic N) is 5. The van der Waals surface area contributed by atoms with E-state index in [1.165, 1.54) is 51.4 Å². The molecular formula is C32H34FN5O. The number of aromatic hydroxyl groups is 1. The van der Waals surface area contributed by atoms with Crippen molar-refractivity contribution in [2.24, 2.45) is 17.3 Å². The molecule has 2 unspecified atom stereocenters. The van der Waals surface area contributed by atoms with E-state index < -0.39 is 5.82 Å². The number of hydrogen-bond acceptors (Lipinski definition) is 6. The number of aromatic nitrogens is 3. The van der Waals surface area contributed by atoms with Crippen molar-refractivity contribution in [2.45, 2.75) is 51.4 Å². The second-order valence-corrected chi connectivity index (χ2v) is 12.6. The Morgan fingerprint density at radius 2 is 1.67 bits per heavy atom. The average Bonchev–Trinajstić information content (AvgIpc) is 3.28. The lowest BCUT2D eigenvalue weighted by atomic mass is 9.69. The minimum Gasteiger partial charge on any atom is -0.508 e. The van der Waals surface area contributed by atoms with Crippen LogP contribution in [-0.4, -0.2) is 46.2 Å². The maximum atomic E-state index is 16.6. The lowest BCUT2D eigenvalue weighted by Gasteiger charge is -2.52. The van der Waals surface area contributed by atoms with Gasteiger partial charge in [0.25, 0.3) is 0 Å². The predicted octanol–water partition coefficient (Wildman–Crippen LogP) is 6.70. The molecule has 2 aliphatic carbocycles. The first-order valence-electron chi connectivity index (χ1n) is 14.6. The Labute approximate surface area is 227 Å². The Kier molecular flexibility index (Phi) is 5.26. The van der Waals surface area contributed by atoms with Gasteiger partial charge in [0.1, 0.15) is 22.8 Å². The zero-order valence-electron chi connectivity index (χ0n) is 22.2. The van der Waals surface area contributed by atoms with Gasteiger partial charge < -0.3 is 14.9 Å². The summed E-state index contributed by atoms with van der Waals surface area (Å²) in [7, 11) is 0. The number of phenolic OH excluding ortho intramolecular Hbond substituents is 1. The Hall–Kier alpha value is -3.48. The molecule has 1 spiro atoms. The Morgan fingerprint density at radius 1 is 0.897 bits per heavy atom. The van der Waals surface area contributed by atoms with Gasteiger partial charge in [0, 0.05) is 43.4 Å². The second-order valence-electron chi connectivity index (χ2n) is 12.6. The smallest absolute Gasteiger partial charge is 0.228 e. The fourth-order valence-electron chi connectivity index (χ4n) is 7.99. The lowest BCUT2D eigenvalue weighted by Crippen LogP contribution is -2.57. The number of hydrogen-bond donors (Lipinski definition) is 1. The molecule has 7 heteroatoms. The summed E-state index contributed by atoms with van der Waals surface area (Å²) in [6.45, 7) is 3.85. The van der Waals surface area contributed by atoms with Crippen LogP contribution >= 0.6 is 0 Å². The van der Waals surface area contributed by atoms with Crippen molar-refractivity contribution < 1.29 is 9.50 Å². The highest BCUT2D eigenvalue weighted by Crippen LogP contribution is 2.46. The third-order valence-corrected chi connectivity index (χ3v) is 9.91. The van der Waals surface area contributed by atoms with Gasteiger partial charge in [-0.2, -0.15) is 4.98 Å². The average molecular weight is 524 g/mol. The van der Waals surface area contributed by atoms with Gasteiger partial charge in [-0.25, -0.2) is 9.37 Å². The normalized spacial score (nSPS) is 24.0. The summed E-state index contributed by atoms with van der Waals surface area (Å²) in [5, 5.41) is 12.8. The van der Waals surface area contributed by atoms with Crippen molar-refractivity contribution in [1.82, 2.24) is 15.0 Å². The molecule has 2 saturated carbocycles. The molecule has 4 aromatic rings. The standard InChI is InChI=1S/C32H34FN5O/c33-27-28(25-14-23(39)13-22-6-2-3-7-24(22)25)34-15-26-29(27)35-31(38-18-32(19-38)10-4-1-5-11-32)36-30(26)37-16-20-8-9-21(12-20)17-37/h2-3,6-7,13-15,20-21,39H,1,4-5,8-12,16-19H2. The van der Waals surface area contributed by atoms with Crippen LogP contribution in [0.25, 0.3) is 32.9 Å². The van der Waals surface area contributed by atoms with Crippen LogP contribution in [-0.2, 0) is 0 Å². The largest absolute Gasteiger partial charge is 0.508 e. The molecule has 4 fully saturated rings. The predicted molar refractivity (Wildman–Crippen MR) is 153 cm³/mol. The first kappa shape index (κ1) is 23.4. The number of piperidine rings is 1. The van der Waals surface area contributed by atoms with Crippen LogP contribution in [0.4, 0.5) is 16.2 Å². The van der Waals surface area contributed by atoms with Gasteiger partial charge in [0.2, 0.25) is 5.95 Å². The first-order valence-corrected chi connectivity index (χ1v) is 14.6. The quantitative estimate of drug-likeness (QED) is 0.323. The summed E-state index contributed by atoms with van der Waals surface area (Å²) in [6, 6.07) is 11.0.